The molecule has 0 spiro atoms. The van der Waals surface area contributed by atoms with Gasteiger partial charge >= 0.3 is 0 Å². The maximum atomic E-state index is 6.07. The third-order valence-corrected chi connectivity index (χ3v) is 3.67. The van der Waals surface area contributed by atoms with Crippen molar-refractivity contribution in [3.05, 3.63) is 11.1 Å². The molecule has 0 radical (unpaired) electrons. The minimum Gasteiger partial charge on any atom is -0.376 e. The van der Waals surface area contributed by atoms with Gasteiger partial charge in [-0.15, -0.1) is 10.2 Å². The highest BCUT2D eigenvalue weighted by Gasteiger charge is 2.38. The van der Waals surface area contributed by atoms with E-state index >= 15 is 0 Å². The molecule has 1 heterocycles. The van der Waals surface area contributed by atoms with Gasteiger partial charge in [0.1, 0.15) is 5.82 Å². The van der Waals surface area contributed by atoms with Gasteiger partial charge in [0.05, 0.1) is 12.1 Å². The van der Waals surface area contributed by atoms with Gasteiger partial charge in [0, 0.05) is 13.0 Å². The Kier molecular flexibility index (Phi) is 3.22. The molecule has 16 heavy (non-hydrogen) atoms. The molecule has 0 aromatic carbocycles. The largest absolute Gasteiger partial charge is 0.376 e. The van der Waals surface area contributed by atoms with Crippen molar-refractivity contribution in [1.29, 1.82) is 0 Å². The van der Waals surface area contributed by atoms with Crippen molar-refractivity contribution in [2.45, 2.75) is 51.2 Å². The van der Waals surface area contributed by atoms with Gasteiger partial charge in [-0.1, -0.05) is 13.8 Å². The number of methoxy groups -OCH3 is 1. The Morgan fingerprint density at radius 3 is 2.56 bits per heavy atom. The zero-order valence-electron chi connectivity index (χ0n) is 10.0. The lowest BCUT2D eigenvalue weighted by Crippen LogP contribution is -2.43. The molecule has 2 rings (SSSR count). The van der Waals surface area contributed by atoms with Crippen molar-refractivity contribution in [1.82, 2.24) is 14.8 Å². The van der Waals surface area contributed by atoms with E-state index in [0.717, 1.165) is 25.2 Å². The van der Waals surface area contributed by atoms with Crippen LogP contribution in [0.3, 0.4) is 0 Å². The second kappa shape index (κ2) is 4.34. The summed E-state index contributed by atoms with van der Waals surface area (Å²) in [6, 6.07) is 0. The van der Waals surface area contributed by atoms with Crippen LogP contribution in [0.5, 0.6) is 0 Å². The minimum atomic E-state index is -0.0460. The van der Waals surface area contributed by atoms with E-state index in [-0.39, 0.29) is 5.60 Å². The minimum absolute atomic E-state index is 0.0460. The van der Waals surface area contributed by atoms with E-state index in [2.05, 4.69) is 24.0 Å². The molecule has 1 aliphatic carbocycles. The third-order valence-electron chi connectivity index (χ3n) is 3.39. The Morgan fingerprint density at radius 1 is 1.44 bits per heavy atom. The van der Waals surface area contributed by atoms with Gasteiger partial charge in [-0.2, -0.15) is 0 Å². The van der Waals surface area contributed by atoms with Crippen LogP contribution in [0.2, 0.25) is 5.28 Å². The van der Waals surface area contributed by atoms with Crippen LogP contribution in [0.1, 0.15) is 44.9 Å². The molecule has 1 aromatic rings. The maximum absolute atomic E-state index is 6.07. The van der Waals surface area contributed by atoms with Gasteiger partial charge in [0.2, 0.25) is 5.28 Å². The molecule has 1 saturated carbocycles. The maximum Gasteiger partial charge on any atom is 0.225 e. The van der Waals surface area contributed by atoms with Gasteiger partial charge in [0.15, 0.2) is 0 Å². The summed E-state index contributed by atoms with van der Waals surface area (Å²) in [6.07, 6.45) is 3.41. The molecule has 90 valence electrons. The number of ether oxygens (including phenoxy) is 1. The lowest BCUT2D eigenvalue weighted by atomic mass is 9.80. The van der Waals surface area contributed by atoms with Gasteiger partial charge in [-0.05, 0) is 30.9 Å². The summed E-state index contributed by atoms with van der Waals surface area (Å²) in [6.45, 7) is 4.96. The molecule has 4 nitrogen and oxygen atoms in total. The average Bonchev–Trinajstić information content (AvgIpc) is 2.54. The first-order valence-corrected chi connectivity index (χ1v) is 6.09. The first kappa shape index (κ1) is 11.9. The summed E-state index contributed by atoms with van der Waals surface area (Å²) in [5.41, 5.74) is -0.0460. The second-order valence-electron chi connectivity index (χ2n) is 4.81. The Labute approximate surface area is 101 Å². The van der Waals surface area contributed by atoms with E-state index in [1.165, 1.54) is 6.42 Å². The first-order valence-electron chi connectivity index (χ1n) is 5.72. The molecule has 0 atom stereocenters. The van der Waals surface area contributed by atoms with Crippen LogP contribution in [0.15, 0.2) is 0 Å². The topological polar surface area (TPSA) is 39.9 Å². The fourth-order valence-electron chi connectivity index (χ4n) is 2.15. The van der Waals surface area contributed by atoms with E-state index in [1.54, 1.807) is 7.11 Å². The van der Waals surface area contributed by atoms with Crippen molar-refractivity contribution in [3.63, 3.8) is 0 Å². The monoisotopic (exact) mass is 243 g/mol. The quantitative estimate of drug-likeness (QED) is 0.816. The standard InChI is InChI=1S/C11H18ClN3O/c1-8(2)9-13-14-10(12)15(9)7-11(16-3)5-4-6-11/h8H,4-7H2,1-3H3. The van der Waals surface area contributed by atoms with Gasteiger partial charge in [-0.25, -0.2) is 0 Å². The fourth-order valence-corrected chi connectivity index (χ4v) is 2.34. The number of nitrogens with zero attached hydrogens (tertiary/aromatic N) is 3. The summed E-state index contributed by atoms with van der Waals surface area (Å²) in [4.78, 5) is 0. The number of aromatic nitrogens is 3. The highest BCUT2D eigenvalue weighted by atomic mass is 35.5. The molecular weight excluding hydrogens is 226 g/mol. The van der Waals surface area contributed by atoms with Crippen molar-refractivity contribution in [2.75, 3.05) is 7.11 Å². The fraction of sp³-hybridized carbons (Fsp3) is 0.818. The Balaban J connectivity index is 2.23. The molecule has 0 amide bonds. The smallest absolute Gasteiger partial charge is 0.225 e. The molecule has 0 aliphatic heterocycles. The lowest BCUT2D eigenvalue weighted by molar-refractivity contribution is -0.0840. The summed E-state index contributed by atoms with van der Waals surface area (Å²) in [5.74, 6) is 1.27. The van der Waals surface area contributed by atoms with Gasteiger partial charge in [0.25, 0.3) is 0 Å². The van der Waals surface area contributed by atoms with E-state index in [9.17, 15) is 0 Å². The van der Waals surface area contributed by atoms with Crippen molar-refractivity contribution < 1.29 is 4.74 Å². The third kappa shape index (κ3) is 1.96. The summed E-state index contributed by atoms with van der Waals surface area (Å²) in [7, 11) is 1.77. The van der Waals surface area contributed by atoms with Crippen LogP contribution in [-0.4, -0.2) is 27.5 Å². The zero-order chi connectivity index (χ0) is 11.8. The van der Waals surface area contributed by atoms with Crippen molar-refractivity contribution >= 4 is 11.6 Å². The molecule has 1 aromatic heterocycles. The van der Waals surface area contributed by atoms with Crippen molar-refractivity contribution in [3.8, 4) is 0 Å². The molecule has 1 aliphatic rings. The number of hydrogen-bond donors (Lipinski definition) is 0. The van der Waals surface area contributed by atoms with Crippen LogP contribution < -0.4 is 0 Å². The molecule has 0 bridgehead atoms. The van der Waals surface area contributed by atoms with Crippen LogP contribution in [0, 0.1) is 0 Å². The predicted molar refractivity (Wildman–Crippen MR) is 62.7 cm³/mol. The van der Waals surface area contributed by atoms with Crippen molar-refractivity contribution in [2.24, 2.45) is 0 Å². The average molecular weight is 244 g/mol. The Bertz CT molecular complexity index is 366. The second-order valence-corrected chi connectivity index (χ2v) is 5.15. The SMILES string of the molecule is COC1(Cn2c(Cl)nnc2C(C)C)CCC1. The van der Waals surface area contributed by atoms with E-state index in [1.807, 2.05) is 4.57 Å². The Morgan fingerprint density at radius 2 is 2.12 bits per heavy atom. The molecule has 5 heteroatoms. The van der Waals surface area contributed by atoms with Crippen LogP contribution in [0.4, 0.5) is 0 Å². The van der Waals surface area contributed by atoms with Gasteiger partial charge < -0.3 is 4.74 Å². The van der Waals surface area contributed by atoms with Crippen LogP contribution in [0.25, 0.3) is 0 Å². The van der Waals surface area contributed by atoms with Crippen LogP contribution in [-0.2, 0) is 11.3 Å². The number of hydrogen-bond acceptors (Lipinski definition) is 3. The Hall–Kier alpha value is -0.610. The van der Waals surface area contributed by atoms with Crippen LogP contribution >= 0.6 is 11.6 Å². The summed E-state index contributed by atoms with van der Waals surface area (Å²) in [5, 5.41) is 8.52. The highest BCUT2D eigenvalue weighted by molar-refractivity contribution is 6.28. The van der Waals surface area contributed by atoms with E-state index in [4.69, 9.17) is 16.3 Å². The normalized spacial score (nSPS) is 18.8. The molecular formula is C11H18ClN3O. The van der Waals surface area contributed by atoms with Gasteiger partial charge in [-0.3, -0.25) is 4.57 Å². The van der Waals surface area contributed by atoms with E-state index < -0.39 is 0 Å². The molecule has 0 unspecified atom stereocenters. The molecule has 1 fully saturated rings. The molecule has 0 N–H and O–H groups in total. The first-order chi connectivity index (χ1) is 7.58. The number of halogens is 1. The predicted octanol–water partition coefficient (Wildman–Crippen LogP) is 2.62. The molecule has 0 saturated heterocycles. The summed E-state index contributed by atoms with van der Waals surface area (Å²) < 4.78 is 7.58. The lowest BCUT2D eigenvalue weighted by Gasteiger charge is -2.41. The summed E-state index contributed by atoms with van der Waals surface area (Å²) >= 11 is 6.07. The van der Waals surface area contributed by atoms with E-state index in [0.29, 0.717) is 11.2 Å². The highest BCUT2D eigenvalue weighted by Crippen LogP contribution is 2.37. The zero-order valence-corrected chi connectivity index (χ0v) is 10.8. The number of rotatable bonds is 4.